The fourth-order valence-corrected chi connectivity index (χ4v) is 2.43. The summed E-state index contributed by atoms with van der Waals surface area (Å²) >= 11 is 0. The van der Waals surface area contributed by atoms with Crippen molar-refractivity contribution in [3.8, 4) is 0 Å². The summed E-state index contributed by atoms with van der Waals surface area (Å²) in [6.07, 6.45) is 2.69. The van der Waals surface area contributed by atoms with Crippen LogP contribution in [0.3, 0.4) is 0 Å². The first kappa shape index (κ1) is 18.4. The van der Waals surface area contributed by atoms with Crippen molar-refractivity contribution in [2.45, 2.75) is 52.1 Å². The largest absolute Gasteiger partial charge is 0.475 e. The summed E-state index contributed by atoms with van der Waals surface area (Å²) in [5.41, 5.74) is -1.80. The monoisotopic (exact) mass is 294 g/mol. The molecule has 0 aliphatic carbocycles. The molecule has 0 amide bonds. The molecule has 0 rings (SSSR count). The number of carbonyl (C=O) groups is 2. The Morgan fingerprint density at radius 3 is 2.05 bits per heavy atom. The van der Waals surface area contributed by atoms with Gasteiger partial charge in [0.25, 0.3) is 0 Å². The first-order valence-corrected chi connectivity index (χ1v) is 7.68. The van der Waals surface area contributed by atoms with E-state index in [0.717, 1.165) is 27.1 Å². The van der Waals surface area contributed by atoms with E-state index in [1.165, 1.54) is 13.8 Å². The molecule has 6 nitrogen and oxygen atoms in total. The fraction of sp³-hybridized carbons (Fsp3) is 0.833. The predicted octanol–water partition coefficient (Wildman–Crippen LogP) is 2.90. The zero-order valence-corrected chi connectivity index (χ0v) is 13.1. The standard InChI is InChI=1S/C12H23O6P/c1-6-7-8-9-11(14)12(3,10(2)13)18-19(15,16-4)17-5/h6-9H2,1-5H3. The van der Waals surface area contributed by atoms with Crippen LogP contribution in [0.25, 0.3) is 0 Å². The van der Waals surface area contributed by atoms with Gasteiger partial charge in [-0.2, -0.15) is 0 Å². The molecule has 0 aromatic carbocycles. The molecule has 0 bridgehead atoms. The maximum atomic E-state index is 12.1. The van der Waals surface area contributed by atoms with Crippen LogP contribution in [0.15, 0.2) is 0 Å². The van der Waals surface area contributed by atoms with Crippen LogP contribution in [-0.2, 0) is 27.7 Å². The topological polar surface area (TPSA) is 78.9 Å². The number of hydrogen-bond donors (Lipinski definition) is 0. The molecular formula is C12H23O6P. The second-order valence-corrected chi connectivity index (χ2v) is 6.18. The first-order valence-electron chi connectivity index (χ1n) is 6.22. The van der Waals surface area contributed by atoms with E-state index in [0.29, 0.717) is 6.42 Å². The average molecular weight is 294 g/mol. The normalized spacial score (nSPS) is 15.0. The number of hydrogen-bond acceptors (Lipinski definition) is 6. The lowest BCUT2D eigenvalue weighted by atomic mass is 9.93. The number of phosphoric ester groups is 1. The highest BCUT2D eigenvalue weighted by Gasteiger charge is 2.45. The number of rotatable bonds is 10. The Bertz CT molecular complexity index is 359. The molecule has 19 heavy (non-hydrogen) atoms. The Morgan fingerprint density at radius 2 is 1.68 bits per heavy atom. The van der Waals surface area contributed by atoms with Crippen molar-refractivity contribution < 1.29 is 27.7 Å². The van der Waals surface area contributed by atoms with Gasteiger partial charge in [-0.3, -0.25) is 23.2 Å². The second-order valence-electron chi connectivity index (χ2n) is 4.37. The lowest BCUT2D eigenvalue weighted by Crippen LogP contribution is -2.44. The molecule has 0 spiro atoms. The number of Topliss-reactive ketones (excluding diaryl/α,β-unsaturated/α-hetero) is 2. The van der Waals surface area contributed by atoms with Gasteiger partial charge in [0.2, 0.25) is 0 Å². The third-order valence-corrected chi connectivity index (χ3v) is 4.44. The molecule has 0 heterocycles. The smallest absolute Gasteiger partial charge is 0.296 e. The van der Waals surface area contributed by atoms with Crippen LogP contribution in [0.2, 0.25) is 0 Å². The van der Waals surface area contributed by atoms with Gasteiger partial charge in [-0.05, 0) is 20.3 Å². The lowest BCUT2D eigenvalue weighted by molar-refractivity contribution is -0.146. The molecule has 0 radical (unpaired) electrons. The summed E-state index contributed by atoms with van der Waals surface area (Å²) in [5.74, 6) is -0.939. The summed E-state index contributed by atoms with van der Waals surface area (Å²) in [7, 11) is -1.63. The molecule has 0 aliphatic heterocycles. The van der Waals surface area contributed by atoms with Crippen molar-refractivity contribution in [2.75, 3.05) is 14.2 Å². The Balaban J connectivity index is 5.00. The quantitative estimate of drug-likeness (QED) is 0.350. The number of carbonyl (C=O) groups excluding carboxylic acids is 2. The van der Waals surface area contributed by atoms with E-state index in [-0.39, 0.29) is 6.42 Å². The van der Waals surface area contributed by atoms with E-state index in [1.807, 2.05) is 6.92 Å². The van der Waals surface area contributed by atoms with Crippen molar-refractivity contribution in [3.05, 3.63) is 0 Å². The van der Waals surface area contributed by atoms with Crippen molar-refractivity contribution >= 4 is 19.4 Å². The van der Waals surface area contributed by atoms with Crippen LogP contribution < -0.4 is 0 Å². The molecule has 1 unspecified atom stereocenters. The highest BCUT2D eigenvalue weighted by molar-refractivity contribution is 7.48. The number of unbranched alkanes of at least 4 members (excludes halogenated alkanes) is 2. The number of phosphoric acid groups is 1. The Morgan fingerprint density at radius 1 is 1.16 bits per heavy atom. The maximum Gasteiger partial charge on any atom is 0.475 e. The van der Waals surface area contributed by atoms with Gasteiger partial charge in [0.05, 0.1) is 0 Å². The zero-order valence-electron chi connectivity index (χ0n) is 12.2. The minimum absolute atomic E-state index is 0.192. The van der Waals surface area contributed by atoms with E-state index in [2.05, 4.69) is 9.05 Å². The second kappa shape index (κ2) is 7.90. The first-order chi connectivity index (χ1) is 8.75. The average Bonchev–Trinajstić information content (AvgIpc) is 2.38. The molecule has 0 aromatic heterocycles. The van der Waals surface area contributed by atoms with Gasteiger partial charge in [0.1, 0.15) is 0 Å². The molecule has 112 valence electrons. The van der Waals surface area contributed by atoms with E-state index in [4.69, 9.17) is 4.52 Å². The molecule has 0 fully saturated rings. The zero-order chi connectivity index (χ0) is 15.1. The van der Waals surface area contributed by atoms with Gasteiger partial charge < -0.3 is 0 Å². The maximum absolute atomic E-state index is 12.1. The van der Waals surface area contributed by atoms with Crippen molar-refractivity contribution in [1.82, 2.24) is 0 Å². The van der Waals surface area contributed by atoms with Gasteiger partial charge in [-0.25, -0.2) is 4.57 Å². The summed E-state index contributed by atoms with van der Waals surface area (Å²) in [6.45, 7) is 4.52. The van der Waals surface area contributed by atoms with Gasteiger partial charge in [0, 0.05) is 20.6 Å². The van der Waals surface area contributed by atoms with Gasteiger partial charge in [-0.1, -0.05) is 19.8 Å². The van der Waals surface area contributed by atoms with Crippen LogP contribution in [-0.4, -0.2) is 31.4 Å². The predicted molar refractivity (Wildman–Crippen MR) is 70.9 cm³/mol. The van der Waals surface area contributed by atoms with Gasteiger partial charge in [-0.15, -0.1) is 0 Å². The van der Waals surface area contributed by atoms with E-state index in [1.54, 1.807) is 0 Å². The molecule has 0 saturated heterocycles. The van der Waals surface area contributed by atoms with Gasteiger partial charge in [0.15, 0.2) is 17.2 Å². The van der Waals surface area contributed by atoms with E-state index < -0.39 is 25.0 Å². The van der Waals surface area contributed by atoms with Crippen LogP contribution >= 0.6 is 7.82 Å². The van der Waals surface area contributed by atoms with Crippen LogP contribution in [0.1, 0.15) is 46.5 Å². The molecule has 0 aromatic rings. The highest BCUT2D eigenvalue weighted by atomic mass is 31.2. The van der Waals surface area contributed by atoms with E-state index >= 15 is 0 Å². The molecule has 0 N–H and O–H groups in total. The van der Waals surface area contributed by atoms with Crippen molar-refractivity contribution in [2.24, 2.45) is 0 Å². The summed E-state index contributed by atoms with van der Waals surface area (Å²) in [6, 6.07) is 0. The minimum Gasteiger partial charge on any atom is -0.296 e. The molecular weight excluding hydrogens is 271 g/mol. The van der Waals surface area contributed by atoms with Crippen molar-refractivity contribution in [1.29, 1.82) is 0 Å². The van der Waals surface area contributed by atoms with Gasteiger partial charge >= 0.3 is 7.82 Å². The molecule has 0 saturated carbocycles. The Kier molecular flexibility index (Phi) is 7.67. The Hall–Kier alpha value is -0.550. The highest BCUT2D eigenvalue weighted by Crippen LogP contribution is 2.51. The summed E-state index contributed by atoms with van der Waals surface area (Å²) in [4.78, 5) is 23.8. The minimum atomic E-state index is -3.89. The van der Waals surface area contributed by atoms with E-state index in [9.17, 15) is 14.2 Å². The number of ketones is 2. The molecule has 0 aliphatic rings. The third kappa shape index (κ3) is 5.15. The molecule has 7 heteroatoms. The molecule has 1 atom stereocenters. The van der Waals surface area contributed by atoms with Crippen LogP contribution in [0.4, 0.5) is 0 Å². The van der Waals surface area contributed by atoms with Crippen LogP contribution in [0.5, 0.6) is 0 Å². The third-order valence-electron chi connectivity index (χ3n) is 2.95. The summed E-state index contributed by atoms with van der Waals surface area (Å²) in [5, 5.41) is 0. The van der Waals surface area contributed by atoms with Crippen LogP contribution in [0, 0.1) is 0 Å². The Labute approximate surface area is 114 Å². The summed E-state index contributed by atoms with van der Waals surface area (Å²) < 4.78 is 26.3. The van der Waals surface area contributed by atoms with Crippen molar-refractivity contribution in [3.63, 3.8) is 0 Å². The SMILES string of the molecule is CCCCCC(=O)C(C)(OP(=O)(OC)OC)C(C)=O. The fourth-order valence-electron chi connectivity index (χ4n) is 1.46. The lowest BCUT2D eigenvalue weighted by Gasteiger charge is -2.28.